The molecule has 0 radical (unpaired) electrons. The Morgan fingerprint density at radius 3 is 2.88 bits per heavy atom. The van der Waals surface area contributed by atoms with Crippen LogP contribution >= 0.6 is 0 Å². The molecule has 0 aliphatic heterocycles. The van der Waals surface area contributed by atoms with Gasteiger partial charge in [0.2, 0.25) is 0 Å². The molecule has 2 N–H and O–H groups in total. The summed E-state index contributed by atoms with van der Waals surface area (Å²) in [6.07, 6.45) is 8.01. The molecule has 1 fully saturated rings. The third-order valence-electron chi connectivity index (χ3n) is 3.30. The van der Waals surface area contributed by atoms with E-state index >= 15 is 0 Å². The lowest BCUT2D eigenvalue weighted by atomic mass is 9.86. The molecule has 1 aromatic rings. The van der Waals surface area contributed by atoms with Crippen molar-refractivity contribution in [3.63, 3.8) is 0 Å². The van der Waals surface area contributed by atoms with Gasteiger partial charge in [0.1, 0.15) is 5.75 Å². The van der Waals surface area contributed by atoms with Crippen LogP contribution in [0.25, 0.3) is 6.08 Å². The van der Waals surface area contributed by atoms with Gasteiger partial charge in [-0.1, -0.05) is 30.2 Å². The van der Waals surface area contributed by atoms with E-state index in [0.29, 0.717) is 6.54 Å². The molecule has 0 aromatic heterocycles. The Balaban J connectivity index is 2.04. The van der Waals surface area contributed by atoms with Gasteiger partial charge in [0.05, 0.1) is 6.61 Å². The molecule has 92 valence electrons. The number of benzene rings is 1. The first-order valence-electron chi connectivity index (χ1n) is 6.39. The average Bonchev–Trinajstić information content (AvgIpc) is 2.26. The lowest BCUT2D eigenvalue weighted by Crippen LogP contribution is -2.19. The topological polar surface area (TPSA) is 35.2 Å². The van der Waals surface area contributed by atoms with Crippen molar-refractivity contribution in [2.45, 2.75) is 26.2 Å². The van der Waals surface area contributed by atoms with Gasteiger partial charge in [-0.25, -0.2) is 0 Å². The summed E-state index contributed by atoms with van der Waals surface area (Å²) in [6, 6.07) is 6.29. The third kappa shape index (κ3) is 3.34. The van der Waals surface area contributed by atoms with Gasteiger partial charge in [0.15, 0.2) is 0 Å². The number of nitrogens with two attached hydrogens (primary N) is 1. The van der Waals surface area contributed by atoms with Gasteiger partial charge in [-0.3, -0.25) is 0 Å². The van der Waals surface area contributed by atoms with Crippen LogP contribution in [0.1, 0.15) is 30.4 Å². The van der Waals surface area contributed by atoms with Crippen molar-refractivity contribution < 1.29 is 4.74 Å². The van der Waals surface area contributed by atoms with E-state index in [1.807, 2.05) is 12.2 Å². The van der Waals surface area contributed by atoms with E-state index in [9.17, 15) is 0 Å². The molecule has 17 heavy (non-hydrogen) atoms. The van der Waals surface area contributed by atoms with E-state index < -0.39 is 0 Å². The lowest BCUT2D eigenvalue weighted by molar-refractivity contribution is 0.180. The summed E-state index contributed by atoms with van der Waals surface area (Å²) in [7, 11) is 0. The number of hydrogen-bond donors (Lipinski definition) is 1. The zero-order valence-electron chi connectivity index (χ0n) is 10.5. The van der Waals surface area contributed by atoms with Gasteiger partial charge in [-0.15, -0.1) is 0 Å². The fraction of sp³-hybridized carbons (Fsp3) is 0.467. The maximum absolute atomic E-state index is 5.90. The Morgan fingerprint density at radius 2 is 2.24 bits per heavy atom. The van der Waals surface area contributed by atoms with Gasteiger partial charge >= 0.3 is 0 Å². The monoisotopic (exact) mass is 231 g/mol. The molecular formula is C15H21NO. The van der Waals surface area contributed by atoms with Crippen LogP contribution in [0.15, 0.2) is 24.3 Å². The minimum Gasteiger partial charge on any atom is -0.493 e. The smallest absolute Gasteiger partial charge is 0.126 e. The van der Waals surface area contributed by atoms with Crippen molar-refractivity contribution in [1.82, 2.24) is 0 Å². The Morgan fingerprint density at radius 1 is 1.41 bits per heavy atom. The molecule has 0 heterocycles. The SMILES string of the molecule is Cc1ccc(OCC2CCC2)c(/C=C/CN)c1. The van der Waals surface area contributed by atoms with Crippen molar-refractivity contribution in [2.75, 3.05) is 13.2 Å². The summed E-state index contributed by atoms with van der Waals surface area (Å²) in [6.45, 7) is 3.51. The van der Waals surface area contributed by atoms with E-state index in [1.165, 1.54) is 24.8 Å². The van der Waals surface area contributed by atoms with Crippen LogP contribution in [-0.2, 0) is 0 Å². The second kappa shape index (κ2) is 5.87. The molecule has 0 unspecified atom stereocenters. The Kier molecular flexibility index (Phi) is 4.21. The quantitative estimate of drug-likeness (QED) is 0.845. The molecule has 2 nitrogen and oxygen atoms in total. The third-order valence-corrected chi connectivity index (χ3v) is 3.30. The summed E-state index contributed by atoms with van der Waals surface area (Å²) in [5.41, 5.74) is 7.87. The predicted octanol–water partition coefficient (Wildman–Crippen LogP) is 3.15. The first-order valence-corrected chi connectivity index (χ1v) is 6.39. The van der Waals surface area contributed by atoms with E-state index in [0.717, 1.165) is 23.8 Å². The van der Waals surface area contributed by atoms with Gasteiger partial charge < -0.3 is 10.5 Å². The summed E-state index contributed by atoms with van der Waals surface area (Å²) in [4.78, 5) is 0. The fourth-order valence-corrected chi connectivity index (χ4v) is 1.99. The summed E-state index contributed by atoms with van der Waals surface area (Å²) >= 11 is 0. The largest absolute Gasteiger partial charge is 0.493 e. The van der Waals surface area contributed by atoms with Crippen molar-refractivity contribution >= 4 is 6.08 Å². The molecule has 0 atom stereocenters. The molecule has 1 aromatic carbocycles. The molecule has 1 aliphatic carbocycles. The molecule has 2 heteroatoms. The van der Waals surface area contributed by atoms with E-state index in [1.54, 1.807) is 0 Å². The van der Waals surface area contributed by atoms with Crippen molar-refractivity contribution in [3.05, 3.63) is 35.4 Å². The maximum atomic E-state index is 5.90. The number of hydrogen-bond acceptors (Lipinski definition) is 2. The van der Waals surface area contributed by atoms with Crippen molar-refractivity contribution in [3.8, 4) is 5.75 Å². The molecule has 2 rings (SSSR count). The molecule has 0 amide bonds. The van der Waals surface area contributed by atoms with E-state index in [-0.39, 0.29) is 0 Å². The van der Waals surface area contributed by atoms with Crippen molar-refractivity contribution in [1.29, 1.82) is 0 Å². The van der Waals surface area contributed by atoms with Crippen LogP contribution in [0.5, 0.6) is 5.75 Å². The Hall–Kier alpha value is -1.28. The van der Waals surface area contributed by atoms with Crippen molar-refractivity contribution in [2.24, 2.45) is 11.7 Å². The number of rotatable bonds is 5. The van der Waals surface area contributed by atoms with Crippen LogP contribution in [0.4, 0.5) is 0 Å². The summed E-state index contributed by atoms with van der Waals surface area (Å²) < 4.78 is 5.90. The normalized spacial score (nSPS) is 16.1. The molecule has 0 bridgehead atoms. The highest BCUT2D eigenvalue weighted by atomic mass is 16.5. The maximum Gasteiger partial charge on any atom is 0.126 e. The predicted molar refractivity (Wildman–Crippen MR) is 72.1 cm³/mol. The Bertz CT molecular complexity index is 394. The number of ether oxygens (including phenoxy) is 1. The molecule has 1 saturated carbocycles. The highest BCUT2D eigenvalue weighted by molar-refractivity contribution is 5.58. The lowest BCUT2D eigenvalue weighted by Gasteiger charge is -2.25. The van der Waals surface area contributed by atoms with Gasteiger partial charge in [0, 0.05) is 12.1 Å². The Labute approximate surface area is 103 Å². The minimum atomic E-state index is 0.565. The first kappa shape index (κ1) is 12.2. The summed E-state index contributed by atoms with van der Waals surface area (Å²) in [5.74, 6) is 1.75. The minimum absolute atomic E-state index is 0.565. The van der Waals surface area contributed by atoms with E-state index in [2.05, 4.69) is 25.1 Å². The second-order valence-corrected chi connectivity index (χ2v) is 4.79. The first-order chi connectivity index (χ1) is 8.29. The van der Waals surface area contributed by atoms with Gasteiger partial charge in [-0.05, 0) is 37.8 Å². The van der Waals surface area contributed by atoms with Gasteiger partial charge in [0.25, 0.3) is 0 Å². The van der Waals surface area contributed by atoms with Crippen LogP contribution in [0.3, 0.4) is 0 Å². The average molecular weight is 231 g/mol. The van der Waals surface area contributed by atoms with Gasteiger partial charge in [-0.2, -0.15) is 0 Å². The zero-order chi connectivity index (χ0) is 12.1. The molecular weight excluding hydrogens is 210 g/mol. The van der Waals surface area contributed by atoms with Crippen LogP contribution < -0.4 is 10.5 Å². The number of aryl methyl sites for hydroxylation is 1. The van der Waals surface area contributed by atoms with Crippen LogP contribution in [0.2, 0.25) is 0 Å². The standard InChI is InChI=1S/C15H21NO/c1-12-7-8-15(14(10-12)6-3-9-16)17-11-13-4-2-5-13/h3,6-8,10,13H,2,4-5,9,11,16H2,1H3/b6-3+. The fourth-order valence-electron chi connectivity index (χ4n) is 1.99. The van der Waals surface area contributed by atoms with Crippen LogP contribution in [0, 0.1) is 12.8 Å². The second-order valence-electron chi connectivity index (χ2n) is 4.79. The zero-order valence-corrected chi connectivity index (χ0v) is 10.5. The molecule has 1 aliphatic rings. The van der Waals surface area contributed by atoms with E-state index in [4.69, 9.17) is 10.5 Å². The molecule has 0 spiro atoms. The summed E-state index contributed by atoms with van der Waals surface area (Å²) in [5, 5.41) is 0. The molecule has 0 saturated heterocycles. The highest BCUT2D eigenvalue weighted by Gasteiger charge is 2.18. The van der Waals surface area contributed by atoms with Crippen LogP contribution in [-0.4, -0.2) is 13.2 Å². The highest BCUT2D eigenvalue weighted by Crippen LogP contribution is 2.28.